The maximum Gasteiger partial charge on any atom is 0.582 e. The molecule has 0 aromatic heterocycles. The molecule has 0 spiro atoms. The molecule has 0 radical (unpaired) electrons. The molecule has 0 saturated carbocycles. The van der Waals surface area contributed by atoms with Gasteiger partial charge in [-0.15, -0.1) is 0 Å². The summed E-state index contributed by atoms with van der Waals surface area (Å²) < 4.78 is 158. The standard InChI is InChI=1S/C11H15F11O3Si/c1-4-23-26(24-5-2,25-6-3)11(21,22)9(16,17)7(12,13)8(14,15)10(18,19)20/h4-6H2,1-3H3. The average molecular weight is 432 g/mol. The summed E-state index contributed by atoms with van der Waals surface area (Å²) >= 11 is 0. The van der Waals surface area contributed by atoms with Gasteiger partial charge in [0.2, 0.25) is 0 Å². The highest BCUT2D eigenvalue weighted by Crippen LogP contribution is 2.59. The molecule has 0 aromatic rings. The molecule has 0 bridgehead atoms. The Morgan fingerprint density at radius 2 is 0.846 bits per heavy atom. The number of alkyl halides is 11. The van der Waals surface area contributed by atoms with Crippen LogP contribution in [0.4, 0.5) is 48.3 Å². The minimum absolute atomic E-state index is 0.862. The minimum atomic E-state index is -7.54. The van der Waals surface area contributed by atoms with Gasteiger partial charge in [-0.1, -0.05) is 0 Å². The van der Waals surface area contributed by atoms with Crippen LogP contribution in [0.3, 0.4) is 0 Å². The van der Waals surface area contributed by atoms with Crippen LogP contribution < -0.4 is 0 Å². The second-order valence-electron chi connectivity index (χ2n) is 4.65. The first-order valence-electron chi connectivity index (χ1n) is 6.93. The molecule has 158 valence electrons. The molecular formula is C11H15F11O3Si. The van der Waals surface area contributed by atoms with Gasteiger partial charge in [0.1, 0.15) is 0 Å². The molecule has 0 atom stereocenters. The lowest BCUT2D eigenvalue weighted by atomic mass is 10.0. The number of halogens is 11. The van der Waals surface area contributed by atoms with Gasteiger partial charge in [-0.25, -0.2) is 0 Å². The van der Waals surface area contributed by atoms with Crippen molar-refractivity contribution < 1.29 is 61.6 Å². The first kappa shape index (κ1) is 25.3. The van der Waals surface area contributed by atoms with Crippen molar-refractivity contribution in [1.82, 2.24) is 0 Å². The second kappa shape index (κ2) is 7.75. The van der Waals surface area contributed by atoms with E-state index >= 15 is 0 Å². The van der Waals surface area contributed by atoms with Crippen LogP contribution >= 0.6 is 0 Å². The predicted octanol–water partition coefficient (Wildman–Crippen LogP) is 4.68. The zero-order valence-electron chi connectivity index (χ0n) is 13.5. The predicted molar refractivity (Wildman–Crippen MR) is 66.5 cm³/mol. The SMILES string of the molecule is CCO[Si](OCC)(OCC)C(F)(F)C(F)(F)C(F)(F)C(F)(F)C(F)(F)F. The highest BCUT2D eigenvalue weighted by molar-refractivity contribution is 6.63. The van der Waals surface area contributed by atoms with Gasteiger partial charge in [-0.05, 0) is 20.8 Å². The quantitative estimate of drug-likeness (QED) is 0.371. The molecular weight excluding hydrogens is 417 g/mol. The van der Waals surface area contributed by atoms with Crippen molar-refractivity contribution in [1.29, 1.82) is 0 Å². The Morgan fingerprint density at radius 1 is 0.538 bits per heavy atom. The Bertz CT molecular complexity index is 438. The van der Waals surface area contributed by atoms with Crippen LogP contribution in [-0.4, -0.2) is 58.1 Å². The topological polar surface area (TPSA) is 27.7 Å². The second-order valence-corrected chi connectivity index (χ2v) is 7.26. The Labute approximate surface area is 141 Å². The summed E-state index contributed by atoms with van der Waals surface area (Å²) in [6, 6.07) is 0. The van der Waals surface area contributed by atoms with Crippen molar-refractivity contribution in [3.63, 3.8) is 0 Å². The third kappa shape index (κ3) is 3.67. The molecule has 0 heterocycles. The first-order chi connectivity index (χ1) is 11.4. The Balaban J connectivity index is 6.50. The third-order valence-corrected chi connectivity index (χ3v) is 6.02. The molecule has 0 aliphatic carbocycles. The van der Waals surface area contributed by atoms with Gasteiger partial charge in [0.15, 0.2) is 0 Å². The van der Waals surface area contributed by atoms with E-state index in [4.69, 9.17) is 0 Å². The normalized spacial score (nSPS) is 15.5. The summed E-state index contributed by atoms with van der Waals surface area (Å²) in [5.74, 6) is -22.2. The molecule has 0 rings (SSSR count). The molecule has 0 N–H and O–H groups in total. The van der Waals surface area contributed by atoms with Crippen LogP contribution in [-0.2, 0) is 13.3 Å². The van der Waals surface area contributed by atoms with Gasteiger partial charge >= 0.3 is 38.3 Å². The zero-order chi connectivity index (χ0) is 21.2. The highest BCUT2D eigenvalue weighted by Gasteiger charge is 2.92. The van der Waals surface area contributed by atoms with Crippen molar-refractivity contribution in [3.05, 3.63) is 0 Å². The number of hydrogen-bond donors (Lipinski definition) is 0. The molecule has 0 aromatic carbocycles. The summed E-state index contributed by atoms with van der Waals surface area (Å²) in [6.45, 7) is 0.237. The van der Waals surface area contributed by atoms with Crippen LogP contribution in [0.5, 0.6) is 0 Å². The fourth-order valence-corrected chi connectivity index (χ4v) is 4.21. The van der Waals surface area contributed by atoms with Crippen molar-refractivity contribution in [2.24, 2.45) is 0 Å². The van der Waals surface area contributed by atoms with E-state index in [-0.39, 0.29) is 0 Å². The summed E-state index contributed by atoms with van der Waals surface area (Å²) in [5.41, 5.74) is -6.32. The van der Waals surface area contributed by atoms with E-state index in [0.717, 1.165) is 20.8 Å². The Hall–Kier alpha value is -0.673. The summed E-state index contributed by atoms with van der Waals surface area (Å²) in [7, 11) is -6.17. The van der Waals surface area contributed by atoms with E-state index in [9.17, 15) is 48.3 Å². The molecule has 0 unspecified atom stereocenters. The van der Waals surface area contributed by atoms with Crippen molar-refractivity contribution >= 4 is 8.80 Å². The van der Waals surface area contributed by atoms with Crippen LogP contribution in [0.15, 0.2) is 0 Å². The largest absolute Gasteiger partial charge is 0.582 e. The van der Waals surface area contributed by atoms with Crippen LogP contribution in [0.25, 0.3) is 0 Å². The lowest BCUT2D eigenvalue weighted by Gasteiger charge is -2.42. The number of hydrogen-bond acceptors (Lipinski definition) is 3. The van der Waals surface area contributed by atoms with E-state index < -0.39 is 58.1 Å². The minimum Gasteiger partial charge on any atom is -0.370 e. The molecule has 0 fully saturated rings. The molecule has 0 saturated heterocycles. The molecule has 0 amide bonds. The lowest BCUT2D eigenvalue weighted by Crippen LogP contribution is -2.75. The van der Waals surface area contributed by atoms with Crippen LogP contribution in [0, 0.1) is 0 Å². The van der Waals surface area contributed by atoms with E-state index in [1.807, 2.05) is 0 Å². The molecule has 0 aliphatic rings. The van der Waals surface area contributed by atoms with E-state index in [1.54, 1.807) is 0 Å². The Morgan fingerprint density at radius 3 is 1.08 bits per heavy atom. The summed E-state index contributed by atoms with van der Waals surface area (Å²) in [4.78, 5) is 0. The fraction of sp³-hybridized carbons (Fsp3) is 1.00. The van der Waals surface area contributed by atoms with Crippen LogP contribution in [0.2, 0.25) is 0 Å². The van der Waals surface area contributed by atoms with Gasteiger partial charge in [-0.2, -0.15) is 48.3 Å². The van der Waals surface area contributed by atoms with E-state index in [2.05, 4.69) is 13.3 Å². The molecule has 3 nitrogen and oxygen atoms in total. The first-order valence-corrected chi connectivity index (χ1v) is 8.65. The monoisotopic (exact) mass is 432 g/mol. The molecule has 26 heavy (non-hydrogen) atoms. The molecule has 15 heteroatoms. The van der Waals surface area contributed by atoms with Crippen molar-refractivity contribution in [3.8, 4) is 0 Å². The maximum atomic E-state index is 14.3. The van der Waals surface area contributed by atoms with Crippen molar-refractivity contribution in [2.75, 3.05) is 19.8 Å². The van der Waals surface area contributed by atoms with Gasteiger partial charge in [0.25, 0.3) is 0 Å². The van der Waals surface area contributed by atoms with E-state index in [0.29, 0.717) is 0 Å². The summed E-state index contributed by atoms with van der Waals surface area (Å²) in [5, 5.41) is 0. The van der Waals surface area contributed by atoms with Crippen LogP contribution in [0.1, 0.15) is 20.8 Å². The maximum absolute atomic E-state index is 14.3. The van der Waals surface area contributed by atoms with Crippen molar-refractivity contribution in [2.45, 2.75) is 50.3 Å². The third-order valence-electron chi connectivity index (χ3n) is 2.93. The zero-order valence-corrected chi connectivity index (χ0v) is 14.5. The highest BCUT2D eigenvalue weighted by atomic mass is 28.4. The molecule has 0 aliphatic heterocycles. The van der Waals surface area contributed by atoms with E-state index in [1.165, 1.54) is 0 Å². The fourth-order valence-electron chi connectivity index (χ4n) is 1.73. The Kier molecular flexibility index (Phi) is 7.55. The van der Waals surface area contributed by atoms with Gasteiger partial charge in [-0.3, -0.25) is 0 Å². The van der Waals surface area contributed by atoms with Gasteiger partial charge < -0.3 is 13.3 Å². The number of rotatable bonds is 10. The smallest absolute Gasteiger partial charge is 0.370 e. The summed E-state index contributed by atoms with van der Waals surface area (Å²) in [6.07, 6.45) is -7.23. The lowest BCUT2D eigenvalue weighted by molar-refractivity contribution is -0.417. The average Bonchev–Trinajstić information content (AvgIpc) is 2.45. The van der Waals surface area contributed by atoms with Gasteiger partial charge in [0, 0.05) is 19.8 Å². The van der Waals surface area contributed by atoms with Gasteiger partial charge in [0.05, 0.1) is 0 Å².